The molecular formula is C16H29N5O2. The van der Waals surface area contributed by atoms with E-state index < -0.39 is 0 Å². The van der Waals surface area contributed by atoms with Gasteiger partial charge in [-0.25, -0.2) is 0 Å². The molecule has 3 atom stereocenters. The minimum atomic E-state index is -0.0988. The summed E-state index contributed by atoms with van der Waals surface area (Å²) in [7, 11) is 4.19. The fraction of sp³-hybridized carbons (Fsp3) is 0.875. The van der Waals surface area contributed by atoms with Crippen molar-refractivity contribution in [3.63, 3.8) is 0 Å². The molecule has 23 heavy (non-hydrogen) atoms. The second kappa shape index (κ2) is 7.15. The van der Waals surface area contributed by atoms with Crippen LogP contribution in [0.1, 0.15) is 19.3 Å². The molecule has 2 amide bonds. The highest BCUT2D eigenvalue weighted by Gasteiger charge is 2.40. The van der Waals surface area contributed by atoms with Crippen molar-refractivity contribution in [3.8, 4) is 0 Å². The zero-order chi connectivity index (χ0) is 16.4. The van der Waals surface area contributed by atoms with E-state index in [2.05, 4.69) is 34.5 Å². The third-order valence-electron chi connectivity index (χ3n) is 5.63. The van der Waals surface area contributed by atoms with Crippen molar-refractivity contribution in [2.45, 2.75) is 37.4 Å². The average molecular weight is 323 g/mol. The molecule has 0 spiro atoms. The lowest BCUT2D eigenvalue weighted by molar-refractivity contribution is -0.133. The van der Waals surface area contributed by atoms with E-state index in [1.54, 1.807) is 0 Å². The van der Waals surface area contributed by atoms with Crippen molar-refractivity contribution in [2.75, 3.05) is 53.4 Å². The minimum Gasteiger partial charge on any atom is -0.353 e. The highest BCUT2D eigenvalue weighted by atomic mass is 16.2. The van der Waals surface area contributed by atoms with Gasteiger partial charge >= 0.3 is 0 Å². The number of hydrogen-bond acceptors (Lipinski definition) is 5. The Labute approximate surface area is 138 Å². The molecule has 2 N–H and O–H groups in total. The van der Waals surface area contributed by atoms with Crippen molar-refractivity contribution < 1.29 is 9.59 Å². The predicted molar refractivity (Wildman–Crippen MR) is 88.1 cm³/mol. The van der Waals surface area contributed by atoms with Crippen LogP contribution in [0, 0.1) is 0 Å². The molecule has 0 unspecified atom stereocenters. The topological polar surface area (TPSA) is 67.9 Å². The van der Waals surface area contributed by atoms with Gasteiger partial charge in [-0.2, -0.15) is 0 Å². The Morgan fingerprint density at radius 1 is 1.22 bits per heavy atom. The standard InChI is InChI=1S/C16H29N5O2/c1-19-7-9-21(10-8-19)14(22)4-3-12-11-18-16(23)15-13(20(12)2)5-6-17-15/h12-13,15,17H,3-11H2,1-2H3,(H,18,23)/t12-,13+,15-/m0/s1. The van der Waals surface area contributed by atoms with Gasteiger partial charge in [-0.05, 0) is 33.5 Å². The summed E-state index contributed by atoms with van der Waals surface area (Å²) in [6.45, 7) is 5.11. The molecule has 0 radical (unpaired) electrons. The molecule has 7 heteroatoms. The van der Waals surface area contributed by atoms with Crippen LogP contribution in [-0.4, -0.2) is 98.0 Å². The summed E-state index contributed by atoms with van der Waals surface area (Å²) in [5.74, 6) is 0.357. The van der Waals surface area contributed by atoms with Crippen LogP contribution in [0.25, 0.3) is 0 Å². The molecule has 0 aromatic heterocycles. The number of nitrogens with zero attached hydrogens (tertiary/aromatic N) is 3. The molecule has 3 saturated heterocycles. The molecule has 3 fully saturated rings. The fourth-order valence-corrected chi connectivity index (χ4v) is 3.95. The van der Waals surface area contributed by atoms with Gasteiger partial charge in [0, 0.05) is 51.2 Å². The number of likely N-dealkylation sites (N-methyl/N-ethyl adjacent to an activating group) is 2. The number of carbonyl (C=O) groups is 2. The maximum absolute atomic E-state index is 12.4. The molecular weight excluding hydrogens is 294 g/mol. The van der Waals surface area contributed by atoms with E-state index >= 15 is 0 Å². The maximum Gasteiger partial charge on any atom is 0.238 e. The van der Waals surface area contributed by atoms with Gasteiger partial charge in [-0.1, -0.05) is 0 Å². The van der Waals surface area contributed by atoms with Crippen molar-refractivity contribution in [2.24, 2.45) is 0 Å². The molecule has 3 rings (SSSR count). The van der Waals surface area contributed by atoms with Crippen molar-refractivity contribution in [3.05, 3.63) is 0 Å². The first-order chi connectivity index (χ1) is 11.1. The van der Waals surface area contributed by atoms with Gasteiger partial charge < -0.3 is 20.4 Å². The lowest BCUT2D eigenvalue weighted by Crippen LogP contribution is -2.49. The van der Waals surface area contributed by atoms with Gasteiger partial charge in [-0.15, -0.1) is 0 Å². The number of amides is 2. The Hall–Kier alpha value is -1.18. The fourth-order valence-electron chi connectivity index (χ4n) is 3.95. The zero-order valence-corrected chi connectivity index (χ0v) is 14.3. The zero-order valence-electron chi connectivity index (χ0n) is 14.3. The van der Waals surface area contributed by atoms with E-state index in [4.69, 9.17) is 0 Å². The molecule has 3 aliphatic heterocycles. The van der Waals surface area contributed by atoms with Gasteiger partial charge in [0.1, 0.15) is 6.04 Å². The van der Waals surface area contributed by atoms with Crippen molar-refractivity contribution >= 4 is 11.8 Å². The summed E-state index contributed by atoms with van der Waals surface area (Å²) in [5.41, 5.74) is 0. The third kappa shape index (κ3) is 3.67. The first-order valence-electron chi connectivity index (χ1n) is 8.75. The van der Waals surface area contributed by atoms with Crippen LogP contribution in [0.2, 0.25) is 0 Å². The van der Waals surface area contributed by atoms with E-state index in [-0.39, 0.29) is 29.9 Å². The first-order valence-corrected chi connectivity index (χ1v) is 8.75. The summed E-state index contributed by atoms with van der Waals surface area (Å²) in [4.78, 5) is 31.1. The van der Waals surface area contributed by atoms with E-state index in [0.717, 1.165) is 45.6 Å². The van der Waals surface area contributed by atoms with Crippen LogP contribution in [0.3, 0.4) is 0 Å². The molecule has 3 heterocycles. The summed E-state index contributed by atoms with van der Waals surface area (Å²) < 4.78 is 0. The van der Waals surface area contributed by atoms with E-state index in [1.165, 1.54) is 0 Å². The quantitative estimate of drug-likeness (QED) is 0.676. The summed E-state index contributed by atoms with van der Waals surface area (Å²) in [5, 5.41) is 6.32. The Bertz CT molecular complexity index is 450. The van der Waals surface area contributed by atoms with E-state index in [9.17, 15) is 9.59 Å². The molecule has 0 saturated carbocycles. The largest absolute Gasteiger partial charge is 0.353 e. The molecule has 130 valence electrons. The lowest BCUT2D eigenvalue weighted by atomic mass is 10.0. The van der Waals surface area contributed by atoms with Crippen LogP contribution in [0.4, 0.5) is 0 Å². The van der Waals surface area contributed by atoms with Gasteiger partial charge in [0.05, 0.1) is 0 Å². The Morgan fingerprint density at radius 2 is 1.96 bits per heavy atom. The second-order valence-electron chi connectivity index (χ2n) is 7.07. The van der Waals surface area contributed by atoms with Crippen molar-refractivity contribution in [1.29, 1.82) is 0 Å². The second-order valence-corrected chi connectivity index (χ2v) is 7.07. The normalized spacial score (nSPS) is 33.2. The van der Waals surface area contributed by atoms with E-state index in [1.807, 2.05) is 4.90 Å². The number of piperazine rings is 1. The molecule has 0 aliphatic carbocycles. The van der Waals surface area contributed by atoms with E-state index in [0.29, 0.717) is 13.0 Å². The first kappa shape index (κ1) is 16.7. The van der Waals surface area contributed by atoms with Crippen LogP contribution in [0.15, 0.2) is 0 Å². The van der Waals surface area contributed by atoms with Gasteiger partial charge in [0.25, 0.3) is 0 Å². The number of hydrogen-bond donors (Lipinski definition) is 2. The Kier molecular flexibility index (Phi) is 5.18. The monoisotopic (exact) mass is 323 g/mol. The van der Waals surface area contributed by atoms with Gasteiger partial charge in [-0.3, -0.25) is 14.5 Å². The number of carbonyl (C=O) groups excluding carboxylic acids is 2. The summed E-state index contributed by atoms with van der Waals surface area (Å²) in [6, 6.07) is 0.393. The Morgan fingerprint density at radius 3 is 2.70 bits per heavy atom. The molecule has 7 nitrogen and oxygen atoms in total. The van der Waals surface area contributed by atoms with Crippen LogP contribution >= 0.6 is 0 Å². The minimum absolute atomic E-state index is 0.0988. The summed E-state index contributed by atoms with van der Waals surface area (Å²) in [6.07, 6.45) is 2.38. The SMILES string of the molecule is CN1CCN(C(=O)CC[C@H]2CNC(=O)[C@H]3NCC[C@H]3N2C)CC1. The van der Waals surface area contributed by atoms with Crippen molar-refractivity contribution in [1.82, 2.24) is 25.3 Å². The third-order valence-corrected chi connectivity index (χ3v) is 5.63. The highest BCUT2D eigenvalue weighted by Crippen LogP contribution is 2.21. The maximum atomic E-state index is 12.4. The number of rotatable bonds is 3. The van der Waals surface area contributed by atoms with Gasteiger partial charge in [0.2, 0.25) is 11.8 Å². The Balaban J connectivity index is 1.53. The summed E-state index contributed by atoms with van der Waals surface area (Å²) >= 11 is 0. The molecule has 0 aromatic rings. The lowest BCUT2D eigenvalue weighted by Gasteiger charge is -2.34. The predicted octanol–water partition coefficient (Wildman–Crippen LogP) is -1.30. The highest BCUT2D eigenvalue weighted by molar-refractivity contribution is 5.83. The molecule has 0 bridgehead atoms. The van der Waals surface area contributed by atoms with Gasteiger partial charge in [0.15, 0.2) is 0 Å². The average Bonchev–Trinajstić information content (AvgIpc) is 3.00. The molecule has 3 aliphatic rings. The van der Waals surface area contributed by atoms with Crippen LogP contribution in [-0.2, 0) is 9.59 Å². The van der Waals surface area contributed by atoms with Crippen LogP contribution < -0.4 is 10.6 Å². The van der Waals surface area contributed by atoms with Crippen LogP contribution in [0.5, 0.6) is 0 Å². The molecule has 0 aromatic carbocycles. The smallest absolute Gasteiger partial charge is 0.238 e. The number of nitrogens with one attached hydrogen (secondary N) is 2. The number of fused-ring (bicyclic) bond motifs is 1.